The summed E-state index contributed by atoms with van der Waals surface area (Å²) in [5, 5.41) is 10.7. The summed E-state index contributed by atoms with van der Waals surface area (Å²) in [6, 6.07) is 0. The molecule has 3 nitrogen and oxygen atoms in total. The average molecular weight is 200 g/mol. The van der Waals surface area contributed by atoms with Gasteiger partial charge in [0.05, 0.1) is 6.20 Å². The molecule has 0 amide bonds. The van der Waals surface area contributed by atoms with Crippen LogP contribution < -0.4 is 5.32 Å². The molecule has 4 heteroatoms. The molecule has 1 aromatic heterocycles. The molecule has 0 bridgehead atoms. The minimum absolute atomic E-state index is 0. The molecule has 0 spiro atoms. The first kappa shape index (κ1) is 9.03. The highest BCUT2D eigenvalue weighted by atomic mass is 35.5. The Bertz CT molecular complexity index is 297. The van der Waals surface area contributed by atoms with Crippen LogP contribution >= 0.6 is 12.4 Å². The van der Waals surface area contributed by atoms with Crippen molar-refractivity contribution >= 4 is 12.4 Å². The van der Waals surface area contributed by atoms with E-state index < -0.39 is 0 Å². The Morgan fingerprint density at radius 1 is 1.38 bits per heavy atom. The number of nitrogens with one attached hydrogen (secondary N) is 2. The van der Waals surface area contributed by atoms with Gasteiger partial charge >= 0.3 is 0 Å². The molecule has 1 aromatic rings. The number of aryl methyl sites for hydroxylation is 1. The molecule has 2 heterocycles. The lowest BCUT2D eigenvalue weighted by Gasteiger charge is -2.23. The molecule has 0 unspecified atom stereocenters. The Morgan fingerprint density at radius 3 is 3.23 bits per heavy atom. The summed E-state index contributed by atoms with van der Waals surface area (Å²) in [6.07, 6.45) is 4.54. The maximum Gasteiger partial charge on any atom is 0.0522 e. The van der Waals surface area contributed by atoms with Gasteiger partial charge in [0.25, 0.3) is 0 Å². The number of hydrogen-bond acceptors (Lipinski definition) is 2. The normalized spacial score (nSPS) is 30.5. The van der Waals surface area contributed by atoms with Crippen LogP contribution in [0.3, 0.4) is 0 Å². The number of nitrogens with zero attached hydrogens (tertiary/aromatic N) is 1. The van der Waals surface area contributed by atoms with Crippen LogP contribution in [0.1, 0.15) is 23.6 Å². The summed E-state index contributed by atoms with van der Waals surface area (Å²) in [4.78, 5) is 0. The van der Waals surface area contributed by atoms with Crippen LogP contribution in [0.25, 0.3) is 0 Å². The first-order valence-corrected chi connectivity index (χ1v) is 4.68. The molecule has 0 radical (unpaired) electrons. The molecule has 0 saturated carbocycles. The fraction of sp³-hybridized carbons (Fsp3) is 0.667. The molecule has 1 fully saturated rings. The van der Waals surface area contributed by atoms with E-state index in [1.807, 2.05) is 6.20 Å². The van der Waals surface area contributed by atoms with E-state index in [1.54, 1.807) is 0 Å². The number of rotatable bonds is 0. The Labute approximate surface area is 83.7 Å². The highest BCUT2D eigenvalue weighted by Gasteiger charge is 2.34. The highest BCUT2D eigenvalue weighted by molar-refractivity contribution is 5.85. The third kappa shape index (κ3) is 1.27. The van der Waals surface area contributed by atoms with Crippen LogP contribution in [-0.2, 0) is 6.42 Å². The van der Waals surface area contributed by atoms with Crippen molar-refractivity contribution in [3.8, 4) is 0 Å². The zero-order valence-electron chi connectivity index (χ0n) is 7.42. The number of aromatic nitrogens is 2. The van der Waals surface area contributed by atoms with Crippen molar-refractivity contribution in [1.82, 2.24) is 15.5 Å². The molecule has 3 rings (SSSR count). The number of H-pyrrole nitrogens is 1. The van der Waals surface area contributed by atoms with Crippen molar-refractivity contribution < 1.29 is 0 Å². The van der Waals surface area contributed by atoms with Crippen molar-refractivity contribution in [2.75, 3.05) is 13.1 Å². The first-order valence-electron chi connectivity index (χ1n) is 4.68. The van der Waals surface area contributed by atoms with Crippen LogP contribution in [0.2, 0.25) is 0 Å². The SMILES string of the molecule is Cl.c1n[nH]c2c1CC[C@H]1CNC[C@@H]21. The fourth-order valence-corrected chi connectivity index (χ4v) is 2.56. The Morgan fingerprint density at radius 2 is 2.31 bits per heavy atom. The first-order chi connectivity index (χ1) is 5.95. The van der Waals surface area contributed by atoms with Gasteiger partial charge in [0.15, 0.2) is 0 Å². The van der Waals surface area contributed by atoms with E-state index in [0.29, 0.717) is 0 Å². The van der Waals surface area contributed by atoms with Crippen molar-refractivity contribution in [2.45, 2.75) is 18.8 Å². The Kier molecular flexibility index (Phi) is 2.30. The van der Waals surface area contributed by atoms with Crippen molar-refractivity contribution in [3.05, 3.63) is 17.5 Å². The van der Waals surface area contributed by atoms with E-state index in [2.05, 4.69) is 15.5 Å². The zero-order valence-corrected chi connectivity index (χ0v) is 8.23. The number of fused-ring (bicyclic) bond motifs is 3. The lowest BCUT2D eigenvalue weighted by Crippen LogP contribution is -2.18. The zero-order chi connectivity index (χ0) is 7.97. The summed E-state index contributed by atoms with van der Waals surface area (Å²) < 4.78 is 0. The summed E-state index contributed by atoms with van der Waals surface area (Å²) >= 11 is 0. The second kappa shape index (κ2) is 3.31. The van der Waals surface area contributed by atoms with E-state index in [4.69, 9.17) is 0 Å². The average Bonchev–Trinajstić information content (AvgIpc) is 2.71. The molecule has 72 valence electrons. The predicted octanol–water partition coefficient (Wildman–Crippen LogP) is 1.08. The maximum atomic E-state index is 4.11. The highest BCUT2D eigenvalue weighted by Crippen LogP contribution is 2.36. The van der Waals surface area contributed by atoms with Gasteiger partial charge in [0, 0.05) is 18.2 Å². The Balaban J connectivity index is 0.000000653. The van der Waals surface area contributed by atoms with Gasteiger partial charge in [0.1, 0.15) is 0 Å². The van der Waals surface area contributed by atoms with Crippen molar-refractivity contribution in [1.29, 1.82) is 0 Å². The summed E-state index contributed by atoms with van der Waals surface area (Å²) in [5.74, 6) is 1.58. The monoisotopic (exact) mass is 199 g/mol. The standard InChI is InChI=1S/C9H13N3.ClH/c1-2-7-4-11-12-9(7)8-5-10-3-6(1)8;/h4,6,8,10H,1-3,5H2,(H,11,12);1H/t6-,8+;/m0./s1. The molecule has 13 heavy (non-hydrogen) atoms. The summed E-state index contributed by atoms with van der Waals surface area (Å²) in [7, 11) is 0. The molecule has 2 N–H and O–H groups in total. The lowest BCUT2D eigenvalue weighted by atomic mass is 9.81. The van der Waals surface area contributed by atoms with Gasteiger partial charge in [0.2, 0.25) is 0 Å². The van der Waals surface area contributed by atoms with Crippen LogP contribution in [0.15, 0.2) is 6.20 Å². The number of halogens is 1. The van der Waals surface area contributed by atoms with Gasteiger partial charge in [-0.25, -0.2) is 0 Å². The molecule has 1 saturated heterocycles. The van der Waals surface area contributed by atoms with Gasteiger partial charge in [-0.15, -0.1) is 12.4 Å². The van der Waals surface area contributed by atoms with E-state index >= 15 is 0 Å². The third-order valence-electron chi connectivity index (χ3n) is 3.25. The molecule has 1 aliphatic carbocycles. The number of aromatic amines is 1. The summed E-state index contributed by atoms with van der Waals surface area (Å²) in [6.45, 7) is 2.34. The largest absolute Gasteiger partial charge is 0.316 e. The smallest absolute Gasteiger partial charge is 0.0522 e. The number of hydrogen-bond donors (Lipinski definition) is 2. The Hall–Kier alpha value is -0.540. The van der Waals surface area contributed by atoms with E-state index in [-0.39, 0.29) is 12.4 Å². The maximum absolute atomic E-state index is 4.11. The van der Waals surface area contributed by atoms with Gasteiger partial charge in [-0.1, -0.05) is 0 Å². The molecule has 2 atom stereocenters. The van der Waals surface area contributed by atoms with E-state index in [1.165, 1.54) is 30.6 Å². The lowest BCUT2D eigenvalue weighted by molar-refractivity contribution is 0.445. The minimum atomic E-state index is 0. The predicted molar refractivity (Wildman–Crippen MR) is 53.3 cm³/mol. The third-order valence-corrected chi connectivity index (χ3v) is 3.25. The van der Waals surface area contributed by atoms with Gasteiger partial charge < -0.3 is 5.32 Å². The van der Waals surface area contributed by atoms with Crippen LogP contribution in [0.5, 0.6) is 0 Å². The van der Waals surface area contributed by atoms with Crippen molar-refractivity contribution in [3.63, 3.8) is 0 Å². The summed E-state index contributed by atoms with van der Waals surface area (Å²) in [5.41, 5.74) is 2.84. The topological polar surface area (TPSA) is 40.7 Å². The molecule has 1 aliphatic heterocycles. The quantitative estimate of drug-likeness (QED) is 0.657. The second-order valence-electron chi connectivity index (χ2n) is 3.87. The fourth-order valence-electron chi connectivity index (χ4n) is 2.56. The molecular weight excluding hydrogens is 186 g/mol. The second-order valence-corrected chi connectivity index (χ2v) is 3.87. The van der Waals surface area contributed by atoms with Crippen LogP contribution in [-0.4, -0.2) is 23.3 Å². The molecule has 2 aliphatic rings. The minimum Gasteiger partial charge on any atom is -0.316 e. The molecule has 0 aromatic carbocycles. The van der Waals surface area contributed by atoms with Crippen molar-refractivity contribution in [2.24, 2.45) is 5.92 Å². The van der Waals surface area contributed by atoms with E-state index in [9.17, 15) is 0 Å². The van der Waals surface area contributed by atoms with Gasteiger partial charge in [-0.05, 0) is 30.9 Å². The van der Waals surface area contributed by atoms with Gasteiger partial charge in [-0.2, -0.15) is 5.10 Å². The van der Waals surface area contributed by atoms with Crippen LogP contribution in [0, 0.1) is 5.92 Å². The molecular formula is C9H14ClN3. The van der Waals surface area contributed by atoms with Gasteiger partial charge in [-0.3, -0.25) is 5.10 Å². The van der Waals surface area contributed by atoms with E-state index in [0.717, 1.165) is 18.4 Å². The van der Waals surface area contributed by atoms with Crippen LogP contribution in [0.4, 0.5) is 0 Å².